The van der Waals surface area contributed by atoms with Gasteiger partial charge in [-0.15, -0.1) is 4.90 Å². The van der Waals surface area contributed by atoms with Crippen LogP contribution in [0.2, 0.25) is 0 Å². The van der Waals surface area contributed by atoms with E-state index in [9.17, 15) is 18.8 Å². The molecule has 1 atom stereocenters. The summed E-state index contributed by atoms with van der Waals surface area (Å²) in [5, 5.41) is 0. The first-order valence-electron chi connectivity index (χ1n) is 8.12. The van der Waals surface area contributed by atoms with E-state index in [1.165, 1.54) is 19.2 Å². The molecule has 0 N–H and O–H groups in total. The number of nitrogens with zero attached hydrogens (tertiary/aromatic N) is 2. The van der Waals surface area contributed by atoms with Gasteiger partial charge in [-0.1, -0.05) is 12.1 Å². The lowest BCUT2D eigenvalue weighted by molar-refractivity contribution is -0.420. The van der Waals surface area contributed by atoms with E-state index in [0.717, 1.165) is 21.6 Å². The van der Waals surface area contributed by atoms with Gasteiger partial charge in [-0.2, -0.15) is 9.37 Å². The molecular formula is C19H14FN2O5+. The minimum atomic E-state index is -1.09. The Bertz CT molecular complexity index is 999. The summed E-state index contributed by atoms with van der Waals surface area (Å²) in [5.74, 6) is -1.32. The lowest BCUT2D eigenvalue weighted by Gasteiger charge is -2.23. The molecule has 0 saturated carbocycles. The summed E-state index contributed by atoms with van der Waals surface area (Å²) in [5.41, 5.74) is 1.04. The van der Waals surface area contributed by atoms with Crippen molar-refractivity contribution in [1.29, 1.82) is 0 Å². The number of hydrogen-bond acceptors (Lipinski definition) is 5. The summed E-state index contributed by atoms with van der Waals surface area (Å²) in [4.78, 5) is 38.8. The summed E-state index contributed by atoms with van der Waals surface area (Å²) in [6, 6.07) is 11.1. The number of ether oxygens (including phenoxy) is 2. The van der Waals surface area contributed by atoms with Crippen LogP contribution in [0.15, 0.2) is 48.5 Å². The van der Waals surface area contributed by atoms with Crippen molar-refractivity contribution in [1.82, 2.24) is 0 Å². The fourth-order valence-electron chi connectivity index (χ4n) is 3.17. The highest BCUT2D eigenvalue weighted by Crippen LogP contribution is 2.33. The molecule has 0 aliphatic carbocycles. The van der Waals surface area contributed by atoms with Gasteiger partial charge in [0, 0.05) is 0 Å². The molecule has 7 nitrogen and oxygen atoms in total. The molecule has 8 heteroatoms. The van der Waals surface area contributed by atoms with Crippen LogP contribution >= 0.6 is 0 Å². The molecule has 27 heavy (non-hydrogen) atoms. The Labute approximate surface area is 153 Å². The minimum absolute atomic E-state index is 0.180. The van der Waals surface area contributed by atoms with Crippen molar-refractivity contribution in [2.45, 2.75) is 6.10 Å². The standard InChI is InChI=1S/C19H14FN2O5/c1-26-15(23)10-21-16-13-4-2-3-5-14(13)27-17(16)18(24)22(19(21)25)12-8-6-11(20)7-9-12/h2-9,17H,10H2,1H3/q+1. The molecule has 0 saturated heterocycles. The van der Waals surface area contributed by atoms with Gasteiger partial charge >= 0.3 is 17.9 Å². The number of carbonyl (C=O) groups excluding carboxylic acids is 3. The number of para-hydroxylation sites is 1. The average molecular weight is 369 g/mol. The molecule has 0 fully saturated rings. The van der Waals surface area contributed by atoms with E-state index in [4.69, 9.17) is 4.74 Å². The highest BCUT2D eigenvalue weighted by molar-refractivity contribution is 6.29. The lowest BCUT2D eigenvalue weighted by Crippen LogP contribution is -2.58. The second-order valence-corrected chi connectivity index (χ2v) is 5.97. The third kappa shape index (κ3) is 2.66. The van der Waals surface area contributed by atoms with E-state index in [0.29, 0.717) is 17.0 Å². The van der Waals surface area contributed by atoms with Gasteiger partial charge < -0.3 is 9.47 Å². The average Bonchev–Trinajstić information content (AvgIpc) is 3.06. The number of methoxy groups -OCH3 is 1. The Kier molecular flexibility index (Phi) is 3.95. The second-order valence-electron chi connectivity index (χ2n) is 5.97. The van der Waals surface area contributed by atoms with Gasteiger partial charge in [0.2, 0.25) is 0 Å². The van der Waals surface area contributed by atoms with Gasteiger partial charge in [-0.25, -0.2) is 14.0 Å². The molecule has 3 amide bonds. The van der Waals surface area contributed by atoms with E-state index in [1.54, 1.807) is 24.3 Å². The number of urea groups is 1. The Morgan fingerprint density at radius 1 is 1.19 bits per heavy atom. The minimum Gasteiger partial charge on any atom is -0.469 e. The van der Waals surface area contributed by atoms with Crippen molar-refractivity contribution < 1.29 is 32.8 Å². The number of anilines is 1. The summed E-state index contributed by atoms with van der Waals surface area (Å²) in [6.45, 7) is -0.385. The zero-order valence-corrected chi connectivity index (χ0v) is 14.2. The molecule has 0 radical (unpaired) electrons. The predicted octanol–water partition coefficient (Wildman–Crippen LogP) is 1.73. The molecule has 2 aliphatic heterocycles. The first-order valence-corrected chi connectivity index (χ1v) is 8.12. The third-order valence-electron chi connectivity index (χ3n) is 4.41. The van der Waals surface area contributed by atoms with Crippen molar-refractivity contribution in [2.75, 3.05) is 18.6 Å². The number of benzene rings is 2. The van der Waals surface area contributed by atoms with Gasteiger partial charge in [0.05, 0.1) is 12.7 Å². The first-order chi connectivity index (χ1) is 13.0. The van der Waals surface area contributed by atoms with Gasteiger partial charge in [-0.3, -0.25) is 0 Å². The number of carbonyl (C=O) groups is 3. The smallest absolute Gasteiger partial charge is 0.469 e. The summed E-state index contributed by atoms with van der Waals surface area (Å²) in [7, 11) is 1.21. The Hall–Kier alpha value is -3.55. The maximum Gasteiger partial charge on any atom is 0.506 e. The van der Waals surface area contributed by atoms with Crippen LogP contribution < -0.4 is 9.64 Å². The van der Waals surface area contributed by atoms with Crippen LogP contribution in [-0.2, 0) is 14.3 Å². The van der Waals surface area contributed by atoms with Crippen LogP contribution in [0.3, 0.4) is 0 Å². The molecule has 2 aromatic rings. The van der Waals surface area contributed by atoms with Crippen molar-refractivity contribution in [3.05, 3.63) is 59.9 Å². The maximum absolute atomic E-state index is 13.2. The van der Waals surface area contributed by atoms with Crippen LogP contribution in [0.5, 0.6) is 5.75 Å². The number of halogens is 1. The summed E-state index contributed by atoms with van der Waals surface area (Å²) >= 11 is 0. The normalized spacial score (nSPS) is 18.1. The number of hydrogen-bond donors (Lipinski definition) is 0. The van der Waals surface area contributed by atoms with Gasteiger partial charge in [0.15, 0.2) is 12.3 Å². The monoisotopic (exact) mass is 369 g/mol. The molecule has 1 unspecified atom stereocenters. The molecule has 0 bridgehead atoms. The molecule has 2 heterocycles. The van der Waals surface area contributed by atoms with Crippen molar-refractivity contribution in [3.8, 4) is 5.75 Å². The van der Waals surface area contributed by atoms with Crippen molar-refractivity contribution in [3.63, 3.8) is 0 Å². The van der Waals surface area contributed by atoms with Gasteiger partial charge in [0.25, 0.3) is 6.10 Å². The van der Waals surface area contributed by atoms with Crippen LogP contribution in [0, 0.1) is 5.82 Å². The van der Waals surface area contributed by atoms with Crippen LogP contribution in [0.25, 0.3) is 0 Å². The first kappa shape index (κ1) is 16.9. The molecule has 2 aliphatic rings. The fraction of sp³-hybridized carbons (Fsp3) is 0.158. The molecule has 2 aromatic carbocycles. The molecular weight excluding hydrogens is 355 g/mol. The molecule has 0 aromatic heterocycles. The summed E-state index contributed by atoms with van der Waals surface area (Å²) in [6.07, 6.45) is -1.09. The Morgan fingerprint density at radius 2 is 1.89 bits per heavy atom. The van der Waals surface area contributed by atoms with E-state index in [-0.39, 0.29) is 12.2 Å². The van der Waals surface area contributed by atoms with E-state index in [2.05, 4.69) is 4.74 Å². The van der Waals surface area contributed by atoms with Gasteiger partial charge in [0.1, 0.15) is 17.3 Å². The zero-order chi connectivity index (χ0) is 19.1. The molecule has 136 valence electrons. The molecule has 0 spiro atoms. The lowest BCUT2D eigenvalue weighted by atomic mass is 10.0. The number of amides is 3. The highest BCUT2D eigenvalue weighted by atomic mass is 19.1. The van der Waals surface area contributed by atoms with Crippen molar-refractivity contribution in [2.24, 2.45) is 0 Å². The SMILES string of the molecule is COC(=O)C[N+]1=C2c3ccccc3OC2C(=O)N(c2ccc(F)cc2)C1=O. The van der Waals surface area contributed by atoms with Crippen LogP contribution in [0.1, 0.15) is 5.56 Å². The number of esters is 1. The Balaban J connectivity index is 1.87. The predicted molar refractivity (Wildman–Crippen MR) is 91.4 cm³/mol. The van der Waals surface area contributed by atoms with Crippen LogP contribution in [0.4, 0.5) is 14.9 Å². The van der Waals surface area contributed by atoms with Crippen LogP contribution in [-0.4, -0.2) is 48.0 Å². The Morgan fingerprint density at radius 3 is 2.59 bits per heavy atom. The summed E-state index contributed by atoms with van der Waals surface area (Å²) < 4.78 is 24.8. The fourth-order valence-corrected chi connectivity index (χ4v) is 3.17. The largest absolute Gasteiger partial charge is 0.506 e. The van der Waals surface area contributed by atoms with Gasteiger partial charge in [-0.05, 0) is 36.4 Å². The maximum atomic E-state index is 13.2. The van der Waals surface area contributed by atoms with E-state index in [1.807, 2.05) is 0 Å². The van der Waals surface area contributed by atoms with E-state index < -0.39 is 29.8 Å². The van der Waals surface area contributed by atoms with Crippen molar-refractivity contribution >= 4 is 29.3 Å². The number of fused-ring (bicyclic) bond motifs is 3. The topological polar surface area (TPSA) is 75.9 Å². The molecule has 4 rings (SSSR count). The number of rotatable bonds is 3. The third-order valence-corrected chi connectivity index (χ3v) is 4.41. The zero-order valence-electron chi connectivity index (χ0n) is 14.2. The quantitative estimate of drug-likeness (QED) is 0.608. The highest BCUT2D eigenvalue weighted by Gasteiger charge is 2.54. The number of imide groups is 1. The van der Waals surface area contributed by atoms with E-state index >= 15 is 0 Å². The second kappa shape index (κ2) is 6.31.